The van der Waals surface area contributed by atoms with Gasteiger partial charge in [0.2, 0.25) is 0 Å². The van der Waals surface area contributed by atoms with Gasteiger partial charge in [-0.05, 0) is 105 Å². The fourth-order valence-electron chi connectivity index (χ4n) is 10.0. The molecule has 0 saturated heterocycles. The Hall–Kier alpha value is -7.98. The summed E-state index contributed by atoms with van der Waals surface area (Å²) < 4.78 is 7.61. The zero-order chi connectivity index (χ0) is 41.4. The molecule has 10 aromatic carbocycles. The maximum Gasteiger partial charge on any atom is 0.0555 e. The molecule has 294 valence electrons. The molecule has 3 aromatic heterocycles. The first-order valence-electron chi connectivity index (χ1n) is 21.6. The molecule has 0 aliphatic carbocycles. The van der Waals surface area contributed by atoms with E-state index in [-0.39, 0.29) is 0 Å². The van der Waals surface area contributed by atoms with Gasteiger partial charge in [0.05, 0.1) is 22.1 Å². The summed E-state index contributed by atoms with van der Waals surface area (Å²) in [4.78, 5) is 0. The van der Waals surface area contributed by atoms with Crippen molar-refractivity contribution in [3.8, 4) is 55.9 Å². The number of rotatable bonds is 6. The second-order valence-electron chi connectivity index (χ2n) is 16.5. The quantitative estimate of drug-likeness (QED) is 0.158. The fourth-order valence-corrected chi connectivity index (χ4v) is 11.4. The highest BCUT2D eigenvalue weighted by molar-refractivity contribution is 7.27. The lowest BCUT2D eigenvalue weighted by molar-refractivity contribution is 1.18. The van der Waals surface area contributed by atoms with Crippen LogP contribution in [0.5, 0.6) is 0 Å². The van der Waals surface area contributed by atoms with Crippen molar-refractivity contribution in [3.05, 3.63) is 231 Å². The van der Waals surface area contributed by atoms with Crippen molar-refractivity contribution in [1.29, 1.82) is 0 Å². The number of para-hydroxylation sites is 2. The Bertz CT molecular complexity index is 3510. The third-order valence-corrected chi connectivity index (χ3v) is 14.1. The van der Waals surface area contributed by atoms with Crippen molar-refractivity contribution in [2.75, 3.05) is 0 Å². The van der Waals surface area contributed by atoms with Crippen molar-refractivity contribution in [1.82, 2.24) is 9.13 Å². The molecule has 0 fully saturated rings. The van der Waals surface area contributed by atoms with E-state index in [2.05, 4.69) is 240 Å². The largest absolute Gasteiger partial charge is 0.309 e. The molecule has 0 unspecified atom stereocenters. The van der Waals surface area contributed by atoms with E-state index in [9.17, 15) is 0 Å². The predicted molar refractivity (Wildman–Crippen MR) is 270 cm³/mol. The molecule has 0 aliphatic heterocycles. The van der Waals surface area contributed by atoms with E-state index in [1.807, 2.05) is 11.3 Å². The Balaban J connectivity index is 1.07. The molecule has 13 rings (SSSR count). The third-order valence-electron chi connectivity index (χ3n) is 12.9. The van der Waals surface area contributed by atoms with Crippen LogP contribution in [-0.2, 0) is 0 Å². The van der Waals surface area contributed by atoms with Crippen LogP contribution in [0.4, 0.5) is 0 Å². The third kappa shape index (κ3) is 5.71. The Morgan fingerprint density at radius 1 is 0.238 bits per heavy atom. The van der Waals surface area contributed by atoms with E-state index in [1.54, 1.807) is 0 Å². The normalized spacial score (nSPS) is 11.8. The molecule has 0 N–H and O–H groups in total. The SMILES string of the molecule is c1ccc(-c2cc(-c3ccccc3)cc(-n3c4ccccc4c4c5sc6c(ccc7c6c6ccccc6n7-c6cc(-c7ccccc7)cc(-c7ccccc7)c6)c5ccc43)c2)cc1. The van der Waals surface area contributed by atoms with Crippen LogP contribution < -0.4 is 0 Å². The van der Waals surface area contributed by atoms with Crippen molar-refractivity contribution >= 4 is 75.1 Å². The van der Waals surface area contributed by atoms with Gasteiger partial charge in [-0.2, -0.15) is 0 Å². The maximum atomic E-state index is 2.49. The van der Waals surface area contributed by atoms with Gasteiger partial charge < -0.3 is 9.13 Å². The number of fused-ring (bicyclic) bond motifs is 11. The summed E-state index contributed by atoms with van der Waals surface area (Å²) in [7, 11) is 0. The molecular weight excluding hydrogens is 781 g/mol. The van der Waals surface area contributed by atoms with Crippen molar-refractivity contribution in [3.63, 3.8) is 0 Å². The van der Waals surface area contributed by atoms with Gasteiger partial charge in [-0.15, -0.1) is 11.3 Å². The molecule has 0 atom stereocenters. The van der Waals surface area contributed by atoms with Crippen LogP contribution in [0.3, 0.4) is 0 Å². The summed E-state index contributed by atoms with van der Waals surface area (Å²) in [6, 6.07) is 84.5. The highest BCUT2D eigenvalue weighted by Crippen LogP contribution is 2.48. The maximum absolute atomic E-state index is 2.49. The minimum absolute atomic E-state index is 1.15. The van der Waals surface area contributed by atoms with Gasteiger partial charge in [-0.1, -0.05) is 170 Å². The van der Waals surface area contributed by atoms with Crippen LogP contribution in [0.2, 0.25) is 0 Å². The van der Waals surface area contributed by atoms with Crippen LogP contribution in [0.15, 0.2) is 231 Å². The minimum atomic E-state index is 1.15. The molecule has 3 heteroatoms. The fraction of sp³-hybridized carbons (Fsp3) is 0. The van der Waals surface area contributed by atoms with Crippen molar-refractivity contribution in [2.24, 2.45) is 0 Å². The Morgan fingerprint density at radius 3 is 0.905 bits per heavy atom. The summed E-state index contributed by atoms with van der Waals surface area (Å²) in [6.07, 6.45) is 0. The lowest BCUT2D eigenvalue weighted by Crippen LogP contribution is -1.96. The first-order valence-corrected chi connectivity index (χ1v) is 22.4. The zero-order valence-corrected chi connectivity index (χ0v) is 35.1. The van der Waals surface area contributed by atoms with Gasteiger partial charge in [0.25, 0.3) is 0 Å². The first kappa shape index (κ1) is 35.7. The Kier molecular flexibility index (Phi) is 8.12. The summed E-state index contributed by atoms with van der Waals surface area (Å²) in [5.41, 5.74) is 16.8. The van der Waals surface area contributed by atoms with E-state index in [4.69, 9.17) is 0 Å². The number of thiophene rings is 1. The second-order valence-corrected chi connectivity index (χ2v) is 17.5. The van der Waals surface area contributed by atoms with Gasteiger partial charge in [0.15, 0.2) is 0 Å². The van der Waals surface area contributed by atoms with E-state index in [0.717, 1.165) is 11.4 Å². The zero-order valence-electron chi connectivity index (χ0n) is 34.2. The number of hydrogen-bond acceptors (Lipinski definition) is 1. The molecular formula is C60H38N2S. The predicted octanol–water partition coefficient (Wildman–Crippen LogP) is 16.9. The Morgan fingerprint density at radius 2 is 0.556 bits per heavy atom. The Labute approximate surface area is 368 Å². The van der Waals surface area contributed by atoms with E-state index in [0.29, 0.717) is 0 Å². The molecule has 3 heterocycles. The molecule has 0 amide bonds. The molecule has 0 spiro atoms. The lowest BCUT2D eigenvalue weighted by atomic mass is 9.98. The molecule has 13 aromatic rings. The lowest BCUT2D eigenvalue weighted by Gasteiger charge is -2.14. The van der Waals surface area contributed by atoms with E-state index in [1.165, 1.54) is 108 Å². The van der Waals surface area contributed by atoms with Crippen LogP contribution in [-0.4, -0.2) is 9.13 Å². The molecule has 63 heavy (non-hydrogen) atoms. The molecule has 0 saturated carbocycles. The summed E-state index contributed by atoms with van der Waals surface area (Å²) in [5, 5.41) is 7.72. The van der Waals surface area contributed by atoms with Gasteiger partial charge >= 0.3 is 0 Å². The monoisotopic (exact) mass is 818 g/mol. The van der Waals surface area contributed by atoms with Gasteiger partial charge in [0.1, 0.15) is 0 Å². The van der Waals surface area contributed by atoms with Crippen LogP contribution in [0.1, 0.15) is 0 Å². The van der Waals surface area contributed by atoms with Crippen LogP contribution in [0.25, 0.3) is 120 Å². The summed E-state index contributed by atoms with van der Waals surface area (Å²) >= 11 is 1.94. The number of nitrogens with zero attached hydrogens (tertiary/aromatic N) is 2. The van der Waals surface area contributed by atoms with Gasteiger partial charge in [0, 0.05) is 53.1 Å². The van der Waals surface area contributed by atoms with E-state index < -0.39 is 0 Å². The highest BCUT2D eigenvalue weighted by atomic mass is 32.1. The molecule has 0 radical (unpaired) electrons. The van der Waals surface area contributed by atoms with Crippen molar-refractivity contribution < 1.29 is 0 Å². The average molecular weight is 819 g/mol. The van der Waals surface area contributed by atoms with Crippen LogP contribution in [0, 0.1) is 0 Å². The average Bonchev–Trinajstić information content (AvgIpc) is 4.02. The summed E-state index contributed by atoms with van der Waals surface area (Å²) in [5.74, 6) is 0. The summed E-state index contributed by atoms with van der Waals surface area (Å²) in [6.45, 7) is 0. The molecule has 0 bridgehead atoms. The second kappa shape index (κ2) is 14.3. The topological polar surface area (TPSA) is 9.86 Å². The minimum Gasteiger partial charge on any atom is -0.309 e. The number of benzene rings is 10. The highest BCUT2D eigenvalue weighted by Gasteiger charge is 2.22. The van der Waals surface area contributed by atoms with Crippen LogP contribution >= 0.6 is 11.3 Å². The van der Waals surface area contributed by atoms with Gasteiger partial charge in [-0.25, -0.2) is 0 Å². The standard InChI is InChI=1S/C60H38N2S/c1-5-17-39(18-6-1)43-33-44(40-19-7-2-8-20-40)36-47(35-43)61-53-27-15-13-25-51(53)57-55(61)31-29-49-50-30-32-56-58(60(50)63-59(49)57)52-26-14-16-28-54(52)62(56)48-37-45(41-21-9-3-10-22-41)34-46(38-48)42-23-11-4-12-24-42/h1-38H. The van der Waals surface area contributed by atoms with E-state index >= 15 is 0 Å². The number of hydrogen-bond donors (Lipinski definition) is 0. The smallest absolute Gasteiger partial charge is 0.0555 e. The van der Waals surface area contributed by atoms with Crippen molar-refractivity contribution in [2.45, 2.75) is 0 Å². The van der Waals surface area contributed by atoms with Gasteiger partial charge in [-0.3, -0.25) is 0 Å². The molecule has 2 nitrogen and oxygen atoms in total. The molecule has 0 aliphatic rings. The number of aromatic nitrogens is 2. The first-order chi connectivity index (χ1) is 31.2.